The molecule has 2 aromatic rings. The number of fused-ring (bicyclic) bond motifs is 1. The van der Waals surface area contributed by atoms with Gasteiger partial charge in [-0.05, 0) is 36.8 Å². The molecular formula is C21H23ClN4O3. The van der Waals surface area contributed by atoms with Crippen LogP contribution >= 0.6 is 11.6 Å². The number of amides is 3. The SMILES string of the molecule is Cc1c(Cl)cccc1NC(=O)N1CC2CN(C(=O)c3ccncc3)CC2(CO)C1. The van der Waals surface area contributed by atoms with Crippen molar-refractivity contribution in [2.24, 2.45) is 11.3 Å². The Bertz CT molecular complexity index is 939. The highest BCUT2D eigenvalue weighted by Crippen LogP contribution is 2.42. The molecule has 0 saturated carbocycles. The first kappa shape index (κ1) is 19.7. The summed E-state index contributed by atoms with van der Waals surface area (Å²) in [6.45, 7) is 3.62. The molecule has 2 aliphatic heterocycles. The predicted octanol–water partition coefficient (Wildman–Crippen LogP) is 2.64. The fourth-order valence-corrected chi connectivity index (χ4v) is 4.50. The van der Waals surface area contributed by atoms with Gasteiger partial charge in [-0.25, -0.2) is 4.79 Å². The Labute approximate surface area is 174 Å². The second-order valence-electron chi connectivity index (χ2n) is 7.86. The van der Waals surface area contributed by atoms with E-state index in [0.717, 1.165) is 5.56 Å². The number of carbonyl (C=O) groups is 2. The summed E-state index contributed by atoms with van der Waals surface area (Å²) in [4.78, 5) is 33.0. The molecule has 2 fully saturated rings. The van der Waals surface area contributed by atoms with Gasteiger partial charge in [0.25, 0.3) is 5.91 Å². The Morgan fingerprint density at radius 2 is 1.90 bits per heavy atom. The predicted molar refractivity (Wildman–Crippen MR) is 110 cm³/mol. The Hall–Kier alpha value is -2.64. The first-order valence-electron chi connectivity index (χ1n) is 9.55. The van der Waals surface area contributed by atoms with Crippen molar-refractivity contribution in [2.75, 3.05) is 38.1 Å². The lowest BCUT2D eigenvalue weighted by Crippen LogP contribution is -2.41. The number of anilines is 1. The van der Waals surface area contributed by atoms with Gasteiger partial charge in [0.1, 0.15) is 0 Å². The third-order valence-corrected chi connectivity index (χ3v) is 6.49. The number of aliphatic hydroxyl groups excluding tert-OH is 1. The number of aromatic nitrogens is 1. The van der Waals surface area contributed by atoms with E-state index in [1.54, 1.807) is 46.5 Å². The van der Waals surface area contributed by atoms with Gasteiger partial charge in [-0.3, -0.25) is 9.78 Å². The molecule has 0 radical (unpaired) electrons. The van der Waals surface area contributed by atoms with Crippen LogP contribution in [0.1, 0.15) is 15.9 Å². The maximum absolute atomic E-state index is 12.8. The number of rotatable bonds is 3. The zero-order valence-corrected chi connectivity index (χ0v) is 16.9. The maximum atomic E-state index is 12.8. The lowest BCUT2D eigenvalue weighted by atomic mass is 9.82. The minimum absolute atomic E-state index is 0.0319. The van der Waals surface area contributed by atoms with Crippen LogP contribution in [0.3, 0.4) is 0 Å². The Morgan fingerprint density at radius 1 is 1.21 bits per heavy atom. The zero-order chi connectivity index (χ0) is 20.6. The molecule has 2 atom stereocenters. The normalized spacial score (nSPS) is 23.2. The smallest absolute Gasteiger partial charge is 0.321 e. The summed E-state index contributed by atoms with van der Waals surface area (Å²) < 4.78 is 0. The molecule has 2 saturated heterocycles. The van der Waals surface area contributed by atoms with Gasteiger partial charge >= 0.3 is 6.03 Å². The van der Waals surface area contributed by atoms with Gasteiger partial charge in [-0.15, -0.1) is 0 Å². The first-order chi connectivity index (χ1) is 13.9. The summed E-state index contributed by atoms with van der Waals surface area (Å²) in [7, 11) is 0. The number of halogens is 1. The van der Waals surface area contributed by atoms with Crippen molar-refractivity contribution < 1.29 is 14.7 Å². The molecule has 29 heavy (non-hydrogen) atoms. The number of hydrogen-bond acceptors (Lipinski definition) is 4. The minimum Gasteiger partial charge on any atom is -0.396 e. The van der Waals surface area contributed by atoms with Crippen LogP contribution in [-0.2, 0) is 0 Å². The van der Waals surface area contributed by atoms with Crippen LogP contribution in [0.25, 0.3) is 0 Å². The molecule has 0 aliphatic carbocycles. The number of nitrogens with zero attached hydrogens (tertiary/aromatic N) is 3. The Morgan fingerprint density at radius 3 is 2.59 bits per heavy atom. The van der Waals surface area contributed by atoms with E-state index >= 15 is 0 Å². The topological polar surface area (TPSA) is 85.8 Å². The van der Waals surface area contributed by atoms with Gasteiger partial charge in [0.2, 0.25) is 0 Å². The highest BCUT2D eigenvalue weighted by atomic mass is 35.5. The van der Waals surface area contributed by atoms with Crippen LogP contribution in [-0.4, -0.2) is 64.6 Å². The summed E-state index contributed by atoms with van der Waals surface area (Å²) >= 11 is 6.14. The standard InChI is InChI=1S/C21H23ClN4O3/c1-14-17(22)3-2-4-18(14)24-20(29)26-10-16-9-25(11-21(16,12-26)13-27)19(28)15-5-7-23-8-6-15/h2-8,16,27H,9-13H2,1H3,(H,24,29). The molecule has 4 rings (SSSR count). The molecule has 8 heteroatoms. The summed E-state index contributed by atoms with van der Waals surface area (Å²) in [5, 5.41) is 13.7. The van der Waals surface area contributed by atoms with E-state index in [4.69, 9.17) is 11.6 Å². The van der Waals surface area contributed by atoms with Crippen LogP contribution in [0.5, 0.6) is 0 Å². The molecule has 3 amide bonds. The third-order valence-electron chi connectivity index (χ3n) is 6.08. The van der Waals surface area contributed by atoms with E-state index in [0.29, 0.717) is 42.5 Å². The number of hydrogen-bond donors (Lipinski definition) is 2. The zero-order valence-electron chi connectivity index (χ0n) is 16.1. The summed E-state index contributed by atoms with van der Waals surface area (Å²) in [5.74, 6) is -0.0373. The highest BCUT2D eigenvalue weighted by molar-refractivity contribution is 6.31. The molecule has 1 aromatic heterocycles. The van der Waals surface area contributed by atoms with Crippen molar-refractivity contribution in [2.45, 2.75) is 6.92 Å². The average molecular weight is 415 g/mol. The van der Waals surface area contributed by atoms with Gasteiger partial charge in [0, 0.05) is 66.2 Å². The second kappa shape index (κ2) is 7.65. The summed E-state index contributed by atoms with van der Waals surface area (Å²) in [6, 6.07) is 8.55. The molecule has 3 heterocycles. The van der Waals surface area contributed by atoms with Gasteiger partial charge in [-0.1, -0.05) is 17.7 Å². The molecule has 1 aromatic carbocycles. The number of nitrogens with one attached hydrogen (secondary N) is 1. The molecule has 2 aliphatic rings. The van der Waals surface area contributed by atoms with E-state index in [2.05, 4.69) is 10.3 Å². The number of urea groups is 1. The maximum Gasteiger partial charge on any atom is 0.321 e. The van der Waals surface area contributed by atoms with Crippen LogP contribution < -0.4 is 5.32 Å². The number of pyridine rings is 1. The molecule has 152 valence electrons. The van der Waals surface area contributed by atoms with Crippen molar-refractivity contribution in [1.29, 1.82) is 0 Å². The average Bonchev–Trinajstić information content (AvgIpc) is 3.26. The fraction of sp³-hybridized carbons (Fsp3) is 0.381. The van der Waals surface area contributed by atoms with Crippen molar-refractivity contribution in [3.8, 4) is 0 Å². The van der Waals surface area contributed by atoms with Crippen molar-refractivity contribution in [1.82, 2.24) is 14.8 Å². The molecule has 0 spiro atoms. The highest BCUT2D eigenvalue weighted by Gasteiger charge is 2.54. The fourth-order valence-electron chi connectivity index (χ4n) is 4.33. The molecule has 2 unspecified atom stereocenters. The monoisotopic (exact) mass is 414 g/mol. The lowest BCUT2D eigenvalue weighted by Gasteiger charge is -2.27. The second-order valence-corrected chi connectivity index (χ2v) is 8.27. The Balaban J connectivity index is 1.45. The molecule has 0 bridgehead atoms. The van der Waals surface area contributed by atoms with Gasteiger partial charge in [0.05, 0.1) is 6.61 Å². The number of likely N-dealkylation sites (tertiary alicyclic amines) is 2. The van der Waals surface area contributed by atoms with E-state index < -0.39 is 5.41 Å². The van der Waals surface area contributed by atoms with Crippen molar-refractivity contribution in [3.63, 3.8) is 0 Å². The summed E-state index contributed by atoms with van der Waals surface area (Å²) in [5.41, 5.74) is 1.57. The van der Waals surface area contributed by atoms with E-state index in [1.807, 2.05) is 13.0 Å². The van der Waals surface area contributed by atoms with Crippen LogP contribution in [0.2, 0.25) is 5.02 Å². The minimum atomic E-state index is -0.497. The van der Waals surface area contributed by atoms with E-state index in [-0.39, 0.29) is 24.5 Å². The molecular weight excluding hydrogens is 392 g/mol. The van der Waals surface area contributed by atoms with Crippen LogP contribution in [0.15, 0.2) is 42.7 Å². The van der Waals surface area contributed by atoms with Crippen molar-refractivity contribution in [3.05, 3.63) is 58.9 Å². The molecule has 7 nitrogen and oxygen atoms in total. The third kappa shape index (κ3) is 3.56. The summed E-state index contributed by atoms with van der Waals surface area (Å²) in [6.07, 6.45) is 3.19. The van der Waals surface area contributed by atoms with E-state index in [9.17, 15) is 14.7 Å². The van der Waals surface area contributed by atoms with Crippen LogP contribution in [0.4, 0.5) is 10.5 Å². The largest absolute Gasteiger partial charge is 0.396 e. The lowest BCUT2D eigenvalue weighted by molar-refractivity contribution is 0.0730. The quantitative estimate of drug-likeness (QED) is 0.808. The number of benzene rings is 1. The first-order valence-corrected chi connectivity index (χ1v) is 9.92. The van der Waals surface area contributed by atoms with Gasteiger partial charge in [0.15, 0.2) is 0 Å². The van der Waals surface area contributed by atoms with E-state index in [1.165, 1.54) is 0 Å². The molecule has 2 N–H and O–H groups in total. The Kier molecular flexibility index (Phi) is 5.19. The van der Waals surface area contributed by atoms with Gasteiger partial charge in [-0.2, -0.15) is 0 Å². The number of aliphatic hydroxyl groups is 1. The van der Waals surface area contributed by atoms with Crippen LogP contribution in [0, 0.1) is 18.3 Å². The van der Waals surface area contributed by atoms with Crippen molar-refractivity contribution >= 4 is 29.2 Å². The number of carbonyl (C=O) groups excluding carboxylic acids is 2. The van der Waals surface area contributed by atoms with Gasteiger partial charge < -0.3 is 20.2 Å².